The molecule has 32 heavy (non-hydrogen) atoms. The van der Waals surface area contributed by atoms with Crippen molar-refractivity contribution in [1.29, 1.82) is 0 Å². The molecular weight excluding hydrogens is 446 g/mol. The summed E-state index contributed by atoms with van der Waals surface area (Å²) in [7, 11) is 1.64. The van der Waals surface area contributed by atoms with Gasteiger partial charge in [0.2, 0.25) is 11.7 Å². The molecule has 3 heterocycles. The van der Waals surface area contributed by atoms with E-state index in [0.717, 1.165) is 52.6 Å². The molecule has 4 rings (SSSR count). The molecule has 9 nitrogen and oxygen atoms in total. The van der Waals surface area contributed by atoms with Crippen molar-refractivity contribution in [3.63, 3.8) is 0 Å². The first-order chi connectivity index (χ1) is 15.5. The molecule has 0 aliphatic carbocycles. The lowest BCUT2D eigenvalue weighted by atomic mass is 10.3. The van der Waals surface area contributed by atoms with Crippen LogP contribution in [0.5, 0.6) is 5.75 Å². The van der Waals surface area contributed by atoms with Crippen molar-refractivity contribution in [2.75, 3.05) is 48.8 Å². The number of methoxy groups -OCH3 is 1. The van der Waals surface area contributed by atoms with Gasteiger partial charge >= 0.3 is 0 Å². The second-order valence-corrected chi connectivity index (χ2v) is 9.43. The first kappa shape index (κ1) is 22.3. The van der Waals surface area contributed by atoms with Gasteiger partial charge in [0.1, 0.15) is 0 Å². The summed E-state index contributed by atoms with van der Waals surface area (Å²) in [5.41, 5.74) is 0.750. The minimum Gasteiger partial charge on any atom is -0.490 e. The van der Waals surface area contributed by atoms with Crippen LogP contribution in [0.4, 0.5) is 22.5 Å². The Balaban J connectivity index is 1.67. The van der Waals surface area contributed by atoms with Crippen LogP contribution in [0.15, 0.2) is 40.5 Å². The number of carbonyl (C=O) groups is 1. The van der Waals surface area contributed by atoms with Gasteiger partial charge < -0.3 is 25.6 Å². The average molecular weight is 472 g/mol. The number of aryl methyl sites for hydroxylation is 1. The van der Waals surface area contributed by atoms with Crippen LogP contribution in [0.25, 0.3) is 0 Å². The number of thiazole rings is 1. The van der Waals surface area contributed by atoms with E-state index in [9.17, 15) is 4.79 Å². The highest BCUT2D eigenvalue weighted by Gasteiger charge is 2.23. The van der Waals surface area contributed by atoms with Crippen molar-refractivity contribution in [2.24, 2.45) is 0 Å². The third kappa shape index (κ3) is 5.47. The lowest BCUT2D eigenvalue weighted by Gasteiger charge is -2.30. The van der Waals surface area contributed by atoms with Gasteiger partial charge in [-0.05, 0) is 43.0 Å². The fraction of sp³-hybridized carbons (Fsp3) is 0.333. The number of hydrogen-bond donors (Lipinski definition) is 3. The SMILES string of the molecule is COc1c(Nc2ncc(C)s2)nc(Sc2ccc(NC(C)=O)cc2)nc1N1CCNCC1. The molecule has 1 aliphatic rings. The molecule has 0 spiro atoms. The number of aromatic nitrogens is 3. The Morgan fingerprint density at radius 2 is 1.97 bits per heavy atom. The summed E-state index contributed by atoms with van der Waals surface area (Å²) < 4.78 is 5.74. The van der Waals surface area contributed by atoms with Crippen molar-refractivity contribution in [2.45, 2.75) is 23.9 Å². The number of nitrogens with zero attached hydrogens (tertiary/aromatic N) is 4. The van der Waals surface area contributed by atoms with Gasteiger partial charge in [-0.1, -0.05) is 0 Å². The minimum atomic E-state index is -0.0994. The lowest BCUT2D eigenvalue weighted by molar-refractivity contribution is -0.114. The summed E-state index contributed by atoms with van der Waals surface area (Å²) in [4.78, 5) is 29.5. The first-order valence-corrected chi connectivity index (χ1v) is 11.8. The maximum atomic E-state index is 11.3. The van der Waals surface area contributed by atoms with Crippen LogP contribution in [0.2, 0.25) is 0 Å². The van der Waals surface area contributed by atoms with Crippen molar-refractivity contribution in [3.05, 3.63) is 35.3 Å². The van der Waals surface area contributed by atoms with E-state index in [1.807, 2.05) is 37.4 Å². The van der Waals surface area contributed by atoms with Crippen LogP contribution in [0.3, 0.4) is 0 Å². The van der Waals surface area contributed by atoms with Gasteiger partial charge in [-0.3, -0.25) is 4.79 Å². The maximum absolute atomic E-state index is 11.3. The van der Waals surface area contributed by atoms with E-state index in [1.165, 1.54) is 18.7 Å². The molecule has 1 fully saturated rings. The molecule has 2 aromatic heterocycles. The Morgan fingerprint density at radius 1 is 1.22 bits per heavy atom. The number of carbonyl (C=O) groups excluding carboxylic acids is 1. The van der Waals surface area contributed by atoms with E-state index in [-0.39, 0.29) is 5.91 Å². The van der Waals surface area contributed by atoms with E-state index in [0.29, 0.717) is 16.7 Å². The number of piperazine rings is 1. The molecule has 0 radical (unpaired) electrons. The summed E-state index contributed by atoms with van der Waals surface area (Å²) in [5.74, 6) is 1.85. The fourth-order valence-corrected chi connectivity index (χ4v) is 4.67. The van der Waals surface area contributed by atoms with E-state index in [2.05, 4.69) is 25.8 Å². The molecular formula is C21H25N7O2S2. The Labute approximate surface area is 195 Å². The van der Waals surface area contributed by atoms with Crippen molar-refractivity contribution in [1.82, 2.24) is 20.3 Å². The van der Waals surface area contributed by atoms with E-state index >= 15 is 0 Å². The number of hydrogen-bond acceptors (Lipinski definition) is 10. The highest BCUT2D eigenvalue weighted by molar-refractivity contribution is 7.99. The Bertz CT molecular complexity index is 1080. The van der Waals surface area contributed by atoms with Crippen LogP contribution in [0, 0.1) is 6.92 Å². The Kier molecular flexibility index (Phi) is 7.08. The minimum absolute atomic E-state index is 0.0994. The van der Waals surface area contributed by atoms with Gasteiger partial charge in [0, 0.05) is 54.8 Å². The van der Waals surface area contributed by atoms with Crippen molar-refractivity contribution >= 4 is 51.5 Å². The molecule has 1 amide bonds. The molecule has 1 saturated heterocycles. The Hall–Kier alpha value is -2.89. The normalized spacial score (nSPS) is 13.7. The molecule has 1 aliphatic heterocycles. The molecule has 0 saturated carbocycles. The molecule has 11 heteroatoms. The number of amides is 1. The third-order valence-electron chi connectivity index (χ3n) is 4.68. The molecule has 168 valence electrons. The lowest BCUT2D eigenvalue weighted by Crippen LogP contribution is -2.44. The molecule has 1 aromatic carbocycles. The van der Waals surface area contributed by atoms with E-state index < -0.39 is 0 Å². The summed E-state index contributed by atoms with van der Waals surface area (Å²) in [6.45, 7) is 6.93. The fourth-order valence-electron chi connectivity index (χ4n) is 3.26. The summed E-state index contributed by atoms with van der Waals surface area (Å²) in [5, 5.41) is 10.8. The van der Waals surface area contributed by atoms with Gasteiger partial charge in [0.05, 0.1) is 7.11 Å². The summed E-state index contributed by atoms with van der Waals surface area (Å²) in [6.07, 6.45) is 1.82. The first-order valence-electron chi connectivity index (χ1n) is 10.2. The highest BCUT2D eigenvalue weighted by atomic mass is 32.2. The molecule has 0 bridgehead atoms. The maximum Gasteiger partial charge on any atom is 0.221 e. The molecule has 3 N–H and O–H groups in total. The predicted molar refractivity (Wildman–Crippen MR) is 129 cm³/mol. The largest absolute Gasteiger partial charge is 0.490 e. The van der Waals surface area contributed by atoms with Gasteiger partial charge in [0.15, 0.2) is 21.9 Å². The van der Waals surface area contributed by atoms with Gasteiger partial charge in [0.25, 0.3) is 0 Å². The second kappa shape index (κ2) is 10.2. The van der Waals surface area contributed by atoms with Gasteiger partial charge in [-0.15, -0.1) is 11.3 Å². The molecule has 0 atom stereocenters. The predicted octanol–water partition coefficient (Wildman–Crippen LogP) is 3.51. The number of rotatable bonds is 7. The zero-order valence-electron chi connectivity index (χ0n) is 18.1. The average Bonchev–Trinajstić information content (AvgIpc) is 3.19. The van der Waals surface area contributed by atoms with Crippen LogP contribution in [0.1, 0.15) is 11.8 Å². The zero-order chi connectivity index (χ0) is 22.5. The smallest absolute Gasteiger partial charge is 0.221 e. The standard InChI is InChI=1S/C21H25N7O2S2/c1-13-12-23-20(31-13)25-18-17(30-3)19(28-10-8-22-9-11-28)27-21(26-18)32-16-6-4-15(5-7-16)24-14(2)29/h4-7,12,22H,8-11H2,1-3H3,(H,24,29)(H,23,25,26,27). The summed E-state index contributed by atoms with van der Waals surface area (Å²) in [6, 6.07) is 7.60. The van der Waals surface area contributed by atoms with Crippen molar-refractivity contribution in [3.8, 4) is 5.75 Å². The van der Waals surface area contributed by atoms with Crippen LogP contribution >= 0.6 is 23.1 Å². The monoisotopic (exact) mass is 471 g/mol. The molecule has 3 aromatic rings. The number of ether oxygens (including phenoxy) is 1. The number of nitrogens with one attached hydrogen (secondary N) is 3. The van der Waals surface area contributed by atoms with Gasteiger partial charge in [-0.2, -0.15) is 0 Å². The number of benzene rings is 1. The van der Waals surface area contributed by atoms with Gasteiger partial charge in [-0.25, -0.2) is 15.0 Å². The highest BCUT2D eigenvalue weighted by Crippen LogP contribution is 2.38. The quantitative estimate of drug-likeness (QED) is 0.447. The van der Waals surface area contributed by atoms with E-state index in [1.54, 1.807) is 18.4 Å². The van der Waals surface area contributed by atoms with Crippen LogP contribution < -0.4 is 25.6 Å². The van der Waals surface area contributed by atoms with Crippen molar-refractivity contribution < 1.29 is 9.53 Å². The summed E-state index contributed by atoms with van der Waals surface area (Å²) >= 11 is 3.01. The molecule has 0 unspecified atom stereocenters. The van der Waals surface area contributed by atoms with Crippen LogP contribution in [-0.4, -0.2) is 54.1 Å². The van der Waals surface area contributed by atoms with E-state index in [4.69, 9.17) is 14.7 Å². The third-order valence-corrected chi connectivity index (χ3v) is 6.38. The topological polar surface area (TPSA) is 104 Å². The second-order valence-electron chi connectivity index (χ2n) is 7.16. The van der Waals surface area contributed by atoms with Crippen LogP contribution in [-0.2, 0) is 4.79 Å². The number of anilines is 4. The zero-order valence-corrected chi connectivity index (χ0v) is 19.8. The Morgan fingerprint density at radius 3 is 2.59 bits per heavy atom.